The van der Waals surface area contributed by atoms with Crippen molar-refractivity contribution in [2.24, 2.45) is 0 Å². The Morgan fingerprint density at radius 3 is 1.21 bits per heavy atom. The fraction of sp³-hybridized carbons (Fsp3) is 0.300. The largest absolute Gasteiger partial charge is 0.396 e. The van der Waals surface area contributed by atoms with Crippen molar-refractivity contribution in [2.45, 2.75) is 22.6 Å². The van der Waals surface area contributed by atoms with Gasteiger partial charge in [0, 0.05) is 34.5 Å². The maximum atomic E-state index is 9.10. The first-order chi connectivity index (χ1) is 11.9. The van der Waals surface area contributed by atoms with E-state index in [1.54, 1.807) is 0 Å². The van der Waals surface area contributed by atoms with Crippen LogP contribution in [0.25, 0.3) is 21.5 Å². The average Bonchev–Trinajstić information content (AvgIpc) is 2.63. The fourth-order valence-electron chi connectivity index (χ4n) is 2.84. The molecule has 0 atom stereocenters. The molecule has 0 saturated carbocycles. The maximum absolute atomic E-state index is 9.10. The minimum absolute atomic E-state index is 0.234. The summed E-state index contributed by atoms with van der Waals surface area (Å²) in [4.78, 5) is 2.61. The zero-order valence-corrected chi connectivity index (χ0v) is 15.2. The predicted molar refractivity (Wildman–Crippen MR) is 106 cm³/mol. The molecule has 0 fully saturated rings. The molecule has 0 amide bonds. The van der Waals surface area contributed by atoms with Crippen molar-refractivity contribution in [3.8, 4) is 0 Å². The Hall–Kier alpha value is -1.20. The molecule has 0 aliphatic carbocycles. The van der Waals surface area contributed by atoms with Crippen LogP contribution < -0.4 is 0 Å². The van der Waals surface area contributed by atoms with Crippen molar-refractivity contribution >= 4 is 45.1 Å². The van der Waals surface area contributed by atoms with Crippen LogP contribution in [0, 0.1) is 0 Å². The Labute approximate surface area is 151 Å². The summed E-state index contributed by atoms with van der Waals surface area (Å²) in [6.07, 6.45) is 1.61. The molecule has 0 aromatic heterocycles. The summed E-state index contributed by atoms with van der Waals surface area (Å²) >= 11 is 3.66. The fourth-order valence-corrected chi connectivity index (χ4v) is 5.13. The number of hydrogen-bond acceptors (Lipinski definition) is 4. The Morgan fingerprint density at radius 1 is 0.583 bits per heavy atom. The quantitative estimate of drug-likeness (QED) is 0.340. The minimum atomic E-state index is 0.234. The Balaban J connectivity index is 2.17. The molecular formula is C20H22O2S2. The van der Waals surface area contributed by atoms with Crippen molar-refractivity contribution in [2.75, 3.05) is 24.7 Å². The molecule has 2 N–H and O–H groups in total. The first kappa shape index (κ1) is 17.6. The molecule has 0 saturated heterocycles. The van der Waals surface area contributed by atoms with Gasteiger partial charge in [0.25, 0.3) is 0 Å². The summed E-state index contributed by atoms with van der Waals surface area (Å²) in [6, 6.07) is 17.1. The van der Waals surface area contributed by atoms with Crippen LogP contribution in [0.4, 0.5) is 0 Å². The lowest BCUT2D eigenvalue weighted by Crippen LogP contribution is -1.92. The summed E-state index contributed by atoms with van der Waals surface area (Å²) in [5.74, 6) is 1.84. The van der Waals surface area contributed by atoms with Crippen LogP contribution in [0.3, 0.4) is 0 Å². The van der Waals surface area contributed by atoms with Crippen LogP contribution >= 0.6 is 23.5 Å². The molecule has 0 unspecified atom stereocenters. The van der Waals surface area contributed by atoms with Crippen molar-refractivity contribution in [1.82, 2.24) is 0 Å². The van der Waals surface area contributed by atoms with Gasteiger partial charge in [-0.15, -0.1) is 23.5 Å². The zero-order chi connectivity index (χ0) is 16.8. The first-order valence-electron chi connectivity index (χ1n) is 8.27. The molecular weight excluding hydrogens is 336 g/mol. The number of aliphatic hydroxyl groups is 2. The Bertz CT molecular complexity index is 692. The average molecular weight is 359 g/mol. The van der Waals surface area contributed by atoms with Crippen LogP contribution in [0.15, 0.2) is 58.3 Å². The number of fused-ring (bicyclic) bond motifs is 2. The second kappa shape index (κ2) is 8.77. The van der Waals surface area contributed by atoms with Gasteiger partial charge in [0.15, 0.2) is 0 Å². The zero-order valence-electron chi connectivity index (χ0n) is 13.6. The normalized spacial score (nSPS) is 11.4. The van der Waals surface area contributed by atoms with E-state index in [0.29, 0.717) is 0 Å². The maximum Gasteiger partial charge on any atom is 0.0439 e. The number of benzene rings is 3. The highest BCUT2D eigenvalue weighted by Gasteiger charge is 2.14. The molecule has 24 heavy (non-hydrogen) atoms. The van der Waals surface area contributed by atoms with Crippen LogP contribution in [-0.4, -0.2) is 34.9 Å². The van der Waals surface area contributed by atoms with E-state index in [0.717, 1.165) is 24.3 Å². The molecule has 3 rings (SSSR count). The SMILES string of the molecule is OCCCSc1c2ccccc2c(SCCCO)c2ccccc12. The van der Waals surface area contributed by atoms with Crippen LogP contribution in [0.2, 0.25) is 0 Å². The molecule has 0 spiro atoms. The molecule has 4 heteroatoms. The summed E-state index contributed by atoms with van der Waals surface area (Å²) in [6.45, 7) is 0.468. The molecule has 126 valence electrons. The second-order valence-corrected chi connectivity index (χ2v) is 7.81. The number of thioether (sulfide) groups is 2. The molecule has 0 aliphatic heterocycles. The Kier molecular flexibility index (Phi) is 6.44. The van der Waals surface area contributed by atoms with Crippen LogP contribution in [0.5, 0.6) is 0 Å². The first-order valence-corrected chi connectivity index (χ1v) is 10.2. The molecule has 3 aromatic rings. The molecule has 0 heterocycles. The van der Waals surface area contributed by atoms with Gasteiger partial charge in [-0.2, -0.15) is 0 Å². The van der Waals surface area contributed by atoms with E-state index in [9.17, 15) is 0 Å². The van der Waals surface area contributed by atoms with Gasteiger partial charge in [-0.1, -0.05) is 48.5 Å². The van der Waals surface area contributed by atoms with Gasteiger partial charge in [-0.3, -0.25) is 0 Å². The topological polar surface area (TPSA) is 40.5 Å². The summed E-state index contributed by atoms with van der Waals surface area (Å²) in [5, 5.41) is 23.3. The van der Waals surface area contributed by atoms with E-state index in [2.05, 4.69) is 48.5 Å². The van der Waals surface area contributed by atoms with E-state index < -0.39 is 0 Å². The molecule has 0 radical (unpaired) electrons. The number of hydrogen-bond donors (Lipinski definition) is 2. The van der Waals surface area contributed by atoms with Gasteiger partial charge < -0.3 is 10.2 Å². The molecule has 0 aliphatic rings. The smallest absolute Gasteiger partial charge is 0.0439 e. The van der Waals surface area contributed by atoms with Crippen molar-refractivity contribution in [1.29, 1.82) is 0 Å². The highest BCUT2D eigenvalue weighted by Crippen LogP contribution is 2.42. The Morgan fingerprint density at radius 2 is 0.917 bits per heavy atom. The summed E-state index contributed by atoms with van der Waals surface area (Å²) < 4.78 is 0. The minimum Gasteiger partial charge on any atom is -0.396 e. The second-order valence-electron chi connectivity index (χ2n) is 5.60. The van der Waals surface area contributed by atoms with E-state index in [-0.39, 0.29) is 13.2 Å². The monoisotopic (exact) mass is 358 g/mol. The van der Waals surface area contributed by atoms with Crippen LogP contribution in [-0.2, 0) is 0 Å². The van der Waals surface area contributed by atoms with Gasteiger partial charge in [-0.25, -0.2) is 0 Å². The van der Waals surface area contributed by atoms with Crippen molar-refractivity contribution in [3.63, 3.8) is 0 Å². The third kappa shape index (κ3) is 3.72. The van der Waals surface area contributed by atoms with E-state index >= 15 is 0 Å². The molecule has 3 aromatic carbocycles. The lowest BCUT2D eigenvalue weighted by molar-refractivity contribution is 0.296. The number of rotatable bonds is 8. The van der Waals surface area contributed by atoms with Gasteiger partial charge in [0.05, 0.1) is 0 Å². The summed E-state index contributed by atoms with van der Waals surface area (Å²) in [5.41, 5.74) is 0. The van der Waals surface area contributed by atoms with Crippen LogP contribution in [0.1, 0.15) is 12.8 Å². The molecule has 0 bridgehead atoms. The van der Waals surface area contributed by atoms with Crippen molar-refractivity contribution in [3.05, 3.63) is 48.5 Å². The van der Waals surface area contributed by atoms with Gasteiger partial charge >= 0.3 is 0 Å². The van der Waals surface area contributed by atoms with E-state index in [4.69, 9.17) is 10.2 Å². The van der Waals surface area contributed by atoms with Gasteiger partial charge in [-0.05, 0) is 34.4 Å². The van der Waals surface area contributed by atoms with E-state index in [1.165, 1.54) is 31.3 Å². The van der Waals surface area contributed by atoms with Gasteiger partial charge in [0.1, 0.15) is 0 Å². The lowest BCUT2D eigenvalue weighted by Gasteiger charge is -2.16. The highest BCUT2D eigenvalue weighted by molar-refractivity contribution is 8.00. The third-order valence-electron chi connectivity index (χ3n) is 3.93. The molecule has 2 nitrogen and oxygen atoms in total. The highest BCUT2D eigenvalue weighted by atomic mass is 32.2. The standard InChI is InChI=1S/C20H22O2S2/c21-11-5-13-23-19-15-7-1-2-8-16(15)20(24-14-6-12-22)18-10-4-3-9-17(18)19/h1-4,7-10,21-22H,5-6,11-14H2. The predicted octanol–water partition coefficient (Wildman–Crippen LogP) is 4.94. The van der Waals surface area contributed by atoms with Crippen molar-refractivity contribution < 1.29 is 10.2 Å². The third-order valence-corrected chi connectivity index (χ3v) is 6.37. The number of aliphatic hydroxyl groups excluding tert-OH is 2. The van der Waals surface area contributed by atoms with Gasteiger partial charge in [0.2, 0.25) is 0 Å². The lowest BCUT2D eigenvalue weighted by atomic mass is 10.0. The van der Waals surface area contributed by atoms with E-state index in [1.807, 2.05) is 23.5 Å². The summed E-state index contributed by atoms with van der Waals surface area (Å²) in [7, 11) is 0.